The molecule has 4 nitrogen and oxygen atoms in total. The van der Waals surface area contributed by atoms with Crippen molar-refractivity contribution in [1.29, 1.82) is 0 Å². The summed E-state index contributed by atoms with van der Waals surface area (Å²) in [4.78, 5) is 23.3. The second-order valence-corrected chi connectivity index (χ2v) is 10.3. The maximum Gasteiger partial charge on any atom is 0.304 e. The standard InChI is InChI=1S/C25H34O4/c1-6-25(29-17(3)27)14-11-22-20-8-7-18-15-19(28-16(2)26)9-12-23(18,4)21(20)10-13-24(22,25)5/h1,7,19-22H,8-15H2,2-5H3/t19-,20-,21+,22+,23+,24+,25+/m1/s1. The molecule has 3 fully saturated rings. The Bertz CT molecular complexity index is 791. The molecule has 0 amide bonds. The summed E-state index contributed by atoms with van der Waals surface area (Å²) in [6.45, 7) is 7.67. The van der Waals surface area contributed by atoms with E-state index in [-0.39, 0.29) is 28.9 Å². The van der Waals surface area contributed by atoms with Gasteiger partial charge in [0.2, 0.25) is 0 Å². The van der Waals surface area contributed by atoms with Gasteiger partial charge in [-0.25, -0.2) is 0 Å². The van der Waals surface area contributed by atoms with Gasteiger partial charge in [-0.05, 0) is 68.1 Å². The molecule has 4 heteroatoms. The quantitative estimate of drug-likeness (QED) is 0.380. The molecule has 3 saturated carbocycles. The number of hydrogen-bond donors (Lipinski definition) is 0. The number of terminal acetylenes is 1. The molecule has 0 saturated heterocycles. The van der Waals surface area contributed by atoms with Crippen LogP contribution in [0.4, 0.5) is 0 Å². The highest BCUT2D eigenvalue weighted by Crippen LogP contribution is 2.67. The molecule has 0 radical (unpaired) electrons. The van der Waals surface area contributed by atoms with Crippen molar-refractivity contribution >= 4 is 11.9 Å². The molecular weight excluding hydrogens is 364 g/mol. The number of carbonyl (C=O) groups excluding carboxylic acids is 2. The molecule has 0 aliphatic heterocycles. The van der Waals surface area contributed by atoms with Crippen LogP contribution in [0.25, 0.3) is 0 Å². The van der Waals surface area contributed by atoms with Crippen molar-refractivity contribution in [3.63, 3.8) is 0 Å². The normalized spacial score (nSPS) is 45.7. The molecule has 0 N–H and O–H groups in total. The molecule has 0 unspecified atom stereocenters. The van der Waals surface area contributed by atoms with Gasteiger partial charge in [0.1, 0.15) is 6.10 Å². The largest absolute Gasteiger partial charge is 0.462 e. The predicted molar refractivity (Wildman–Crippen MR) is 111 cm³/mol. The third-order valence-corrected chi connectivity index (χ3v) is 9.06. The van der Waals surface area contributed by atoms with Gasteiger partial charge in [0.25, 0.3) is 0 Å². The van der Waals surface area contributed by atoms with E-state index in [0.717, 1.165) is 51.4 Å². The van der Waals surface area contributed by atoms with E-state index in [9.17, 15) is 9.59 Å². The molecule has 0 bridgehead atoms. The first-order chi connectivity index (χ1) is 13.6. The first-order valence-corrected chi connectivity index (χ1v) is 11.2. The highest BCUT2D eigenvalue weighted by molar-refractivity contribution is 5.67. The van der Waals surface area contributed by atoms with Gasteiger partial charge in [-0.2, -0.15) is 0 Å². The Morgan fingerprint density at radius 2 is 1.79 bits per heavy atom. The third kappa shape index (κ3) is 2.95. The molecule has 0 aromatic rings. The molecule has 7 atom stereocenters. The zero-order chi connectivity index (χ0) is 21.0. The Labute approximate surface area is 174 Å². The summed E-state index contributed by atoms with van der Waals surface area (Å²) < 4.78 is 11.4. The first-order valence-electron chi connectivity index (χ1n) is 11.2. The van der Waals surface area contributed by atoms with Gasteiger partial charge in [-0.3, -0.25) is 9.59 Å². The Morgan fingerprint density at radius 3 is 2.45 bits per heavy atom. The minimum absolute atomic E-state index is 0.0294. The van der Waals surface area contributed by atoms with E-state index in [0.29, 0.717) is 17.8 Å². The molecule has 4 aliphatic rings. The topological polar surface area (TPSA) is 52.6 Å². The van der Waals surface area contributed by atoms with Crippen LogP contribution in [0, 0.1) is 40.9 Å². The summed E-state index contributed by atoms with van der Waals surface area (Å²) >= 11 is 0. The van der Waals surface area contributed by atoms with Crippen LogP contribution in [0.1, 0.15) is 79.1 Å². The Morgan fingerprint density at radius 1 is 1.07 bits per heavy atom. The minimum atomic E-state index is -0.758. The molecule has 4 aliphatic carbocycles. The summed E-state index contributed by atoms with van der Waals surface area (Å²) in [5.74, 6) is 4.17. The highest BCUT2D eigenvalue weighted by atomic mass is 16.6. The lowest BCUT2D eigenvalue weighted by Gasteiger charge is -2.58. The van der Waals surface area contributed by atoms with E-state index >= 15 is 0 Å². The number of allylic oxidation sites excluding steroid dienone is 1. The molecule has 0 spiro atoms. The number of fused-ring (bicyclic) bond motifs is 5. The number of rotatable bonds is 2. The fourth-order valence-electron chi connectivity index (χ4n) is 7.64. The molecular formula is C25H34O4. The van der Waals surface area contributed by atoms with Crippen LogP contribution in [-0.2, 0) is 19.1 Å². The van der Waals surface area contributed by atoms with Gasteiger partial charge in [-0.1, -0.05) is 31.4 Å². The number of carbonyl (C=O) groups is 2. The average molecular weight is 399 g/mol. The van der Waals surface area contributed by atoms with Gasteiger partial charge in [0.05, 0.1) is 0 Å². The fourth-order valence-corrected chi connectivity index (χ4v) is 7.64. The van der Waals surface area contributed by atoms with Crippen LogP contribution in [0.2, 0.25) is 0 Å². The molecule has 0 aromatic heterocycles. The first kappa shape index (κ1) is 20.5. The molecule has 0 heterocycles. The summed E-state index contributed by atoms with van der Waals surface area (Å²) in [6.07, 6.45) is 16.3. The van der Waals surface area contributed by atoms with Gasteiger partial charge in [-0.15, -0.1) is 6.42 Å². The number of ether oxygens (including phenoxy) is 2. The summed E-state index contributed by atoms with van der Waals surface area (Å²) in [6, 6.07) is 0. The van der Waals surface area contributed by atoms with Gasteiger partial charge in [0, 0.05) is 25.7 Å². The van der Waals surface area contributed by atoms with Crippen molar-refractivity contribution in [3.8, 4) is 12.3 Å². The molecule has 4 rings (SSSR count). The number of hydrogen-bond acceptors (Lipinski definition) is 4. The fraction of sp³-hybridized carbons (Fsp3) is 0.760. The monoisotopic (exact) mass is 398 g/mol. The van der Waals surface area contributed by atoms with Crippen LogP contribution in [0.15, 0.2) is 11.6 Å². The van der Waals surface area contributed by atoms with Gasteiger partial charge < -0.3 is 9.47 Å². The Kier molecular flexibility index (Phi) is 4.88. The van der Waals surface area contributed by atoms with E-state index in [2.05, 4.69) is 25.8 Å². The third-order valence-electron chi connectivity index (χ3n) is 9.06. The van der Waals surface area contributed by atoms with Crippen molar-refractivity contribution in [2.24, 2.45) is 28.6 Å². The predicted octanol–water partition coefficient (Wildman–Crippen LogP) is 4.82. The van der Waals surface area contributed by atoms with Crippen LogP contribution < -0.4 is 0 Å². The van der Waals surface area contributed by atoms with Crippen LogP contribution in [0.5, 0.6) is 0 Å². The van der Waals surface area contributed by atoms with Crippen LogP contribution in [0.3, 0.4) is 0 Å². The van der Waals surface area contributed by atoms with Crippen molar-refractivity contribution in [1.82, 2.24) is 0 Å². The maximum absolute atomic E-state index is 11.8. The van der Waals surface area contributed by atoms with E-state index in [1.54, 1.807) is 0 Å². The lowest BCUT2D eigenvalue weighted by atomic mass is 9.47. The van der Waals surface area contributed by atoms with Crippen molar-refractivity contribution < 1.29 is 19.1 Å². The zero-order valence-corrected chi connectivity index (χ0v) is 18.3. The average Bonchev–Trinajstić information content (AvgIpc) is 2.94. The summed E-state index contributed by atoms with van der Waals surface area (Å²) in [5, 5.41) is 0. The smallest absolute Gasteiger partial charge is 0.304 e. The Hall–Kier alpha value is -1.76. The van der Waals surface area contributed by atoms with Crippen molar-refractivity contribution in [3.05, 3.63) is 11.6 Å². The van der Waals surface area contributed by atoms with Crippen molar-refractivity contribution in [2.75, 3.05) is 0 Å². The zero-order valence-electron chi connectivity index (χ0n) is 18.3. The summed E-state index contributed by atoms with van der Waals surface area (Å²) in [5.41, 5.74) is 0.766. The SMILES string of the molecule is C#C[C@]1(OC(C)=O)CC[C@H]2[C@@H]3CC=C4C[C@H](OC(C)=O)CC[C@]4(C)[C@H]3CC[C@@]21C. The Balaban J connectivity index is 1.61. The van der Waals surface area contributed by atoms with E-state index < -0.39 is 5.60 Å². The van der Waals surface area contributed by atoms with Gasteiger partial charge in [0.15, 0.2) is 5.60 Å². The molecule has 29 heavy (non-hydrogen) atoms. The second kappa shape index (κ2) is 6.89. The van der Waals surface area contributed by atoms with Gasteiger partial charge >= 0.3 is 11.9 Å². The van der Waals surface area contributed by atoms with E-state index in [1.807, 2.05) is 0 Å². The number of esters is 2. The molecule has 0 aromatic carbocycles. The van der Waals surface area contributed by atoms with E-state index in [1.165, 1.54) is 19.4 Å². The lowest BCUT2D eigenvalue weighted by Crippen LogP contribution is -2.55. The van der Waals surface area contributed by atoms with Crippen LogP contribution >= 0.6 is 0 Å². The van der Waals surface area contributed by atoms with E-state index in [4.69, 9.17) is 15.9 Å². The lowest BCUT2D eigenvalue weighted by molar-refractivity contribution is -0.168. The highest BCUT2D eigenvalue weighted by Gasteiger charge is 2.65. The minimum Gasteiger partial charge on any atom is -0.462 e. The van der Waals surface area contributed by atoms with Crippen molar-refractivity contribution in [2.45, 2.75) is 90.8 Å². The second-order valence-electron chi connectivity index (χ2n) is 10.3. The maximum atomic E-state index is 11.8. The molecule has 158 valence electrons. The van der Waals surface area contributed by atoms with Crippen LogP contribution in [-0.4, -0.2) is 23.6 Å². The summed E-state index contributed by atoms with van der Waals surface area (Å²) in [7, 11) is 0.